The number of nitrogens with zero attached hydrogens (tertiary/aromatic N) is 2. The summed E-state index contributed by atoms with van der Waals surface area (Å²) in [5.41, 5.74) is 0.513. The van der Waals surface area contributed by atoms with Gasteiger partial charge in [-0.15, -0.1) is 0 Å². The third-order valence-corrected chi connectivity index (χ3v) is 8.30. The molecular formula is C16H18Cl2N2O3S2. The van der Waals surface area contributed by atoms with Crippen LogP contribution in [0, 0.1) is 5.92 Å². The fourth-order valence-corrected chi connectivity index (χ4v) is 7.41. The maximum absolute atomic E-state index is 12.3. The lowest BCUT2D eigenvalue weighted by atomic mass is 10.1. The number of hydrogen-bond acceptors (Lipinski definition) is 4. The maximum atomic E-state index is 12.3. The van der Waals surface area contributed by atoms with E-state index in [9.17, 15) is 13.2 Å². The predicted molar refractivity (Wildman–Crippen MR) is 105 cm³/mol. The van der Waals surface area contributed by atoms with Crippen molar-refractivity contribution in [1.82, 2.24) is 0 Å². The van der Waals surface area contributed by atoms with Gasteiger partial charge < -0.3 is 4.90 Å². The van der Waals surface area contributed by atoms with Gasteiger partial charge in [0, 0.05) is 11.2 Å². The summed E-state index contributed by atoms with van der Waals surface area (Å²) in [4.78, 5) is 18.3. The van der Waals surface area contributed by atoms with Crippen molar-refractivity contribution in [2.24, 2.45) is 10.9 Å². The van der Waals surface area contributed by atoms with Crippen LogP contribution in [0.15, 0.2) is 23.2 Å². The van der Waals surface area contributed by atoms with E-state index in [2.05, 4.69) is 4.99 Å². The second kappa shape index (κ2) is 7.10. The average Bonchev–Trinajstić information content (AvgIpc) is 2.98. The molecule has 2 saturated heterocycles. The zero-order valence-electron chi connectivity index (χ0n) is 13.8. The quantitative estimate of drug-likeness (QED) is 0.746. The normalized spacial score (nSPS) is 27.5. The number of halogens is 2. The van der Waals surface area contributed by atoms with Gasteiger partial charge in [-0.25, -0.2) is 8.42 Å². The molecular weight excluding hydrogens is 403 g/mol. The molecule has 2 fully saturated rings. The third kappa shape index (κ3) is 3.70. The monoisotopic (exact) mass is 420 g/mol. The summed E-state index contributed by atoms with van der Waals surface area (Å²) < 4.78 is 24.1. The fourth-order valence-electron chi connectivity index (χ4n) is 2.92. The number of carbonyl (C=O) groups excluding carboxylic acids is 1. The van der Waals surface area contributed by atoms with Crippen molar-refractivity contribution in [2.75, 3.05) is 16.4 Å². The van der Waals surface area contributed by atoms with E-state index in [1.165, 1.54) is 11.8 Å². The number of para-hydroxylation sites is 1. The van der Waals surface area contributed by atoms with Gasteiger partial charge in [-0.1, -0.05) is 54.9 Å². The van der Waals surface area contributed by atoms with Crippen molar-refractivity contribution in [2.45, 2.75) is 31.6 Å². The molecule has 25 heavy (non-hydrogen) atoms. The van der Waals surface area contributed by atoms with E-state index in [0.717, 1.165) is 0 Å². The van der Waals surface area contributed by atoms with Gasteiger partial charge in [-0.05, 0) is 18.6 Å². The Hall–Kier alpha value is -0.760. The Labute approximate surface area is 161 Å². The van der Waals surface area contributed by atoms with Gasteiger partial charge in [0.15, 0.2) is 15.0 Å². The zero-order valence-corrected chi connectivity index (χ0v) is 16.9. The van der Waals surface area contributed by atoms with Gasteiger partial charge in [-0.3, -0.25) is 4.79 Å². The first kappa shape index (κ1) is 19.0. The summed E-state index contributed by atoms with van der Waals surface area (Å²) in [6, 6.07) is 4.79. The molecule has 0 aromatic heterocycles. The Morgan fingerprint density at radius 3 is 2.60 bits per heavy atom. The number of benzene rings is 1. The average molecular weight is 421 g/mol. The Bertz CT molecular complexity index is 822. The molecule has 0 bridgehead atoms. The number of sulfone groups is 1. The number of hydrogen-bond donors (Lipinski definition) is 0. The number of carbonyl (C=O) groups is 1. The molecule has 0 unspecified atom stereocenters. The molecule has 136 valence electrons. The second-order valence-electron chi connectivity index (χ2n) is 6.28. The largest absolute Gasteiger partial charge is 0.313 e. The van der Waals surface area contributed by atoms with Crippen molar-refractivity contribution in [3.63, 3.8) is 0 Å². The molecule has 0 spiro atoms. The number of rotatable bonds is 3. The minimum absolute atomic E-state index is 0.00274. The van der Waals surface area contributed by atoms with E-state index < -0.39 is 9.84 Å². The first-order chi connectivity index (χ1) is 11.7. The molecule has 1 aromatic rings. The lowest BCUT2D eigenvalue weighted by Crippen LogP contribution is -2.38. The molecule has 1 amide bonds. The molecule has 0 N–H and O–H groups in total. The van der Waals surface area contributed by atoms with Gasteiger partial charge in [-0.2, -0.15) is 4.99 Å². The number of thioether (sulfide) groups is 1. The molecule has 3 atom stereocenters. The standard InChI is InChI=1S/C16H18Cl2N2O3S2/c1-3-9(2)15(21)19-16-20(14-10(17)5-4-6-11(14)18)12-7-25(22,23)8-13(12)24-16/h4-6,9,12-13H,3,7-8H2,1-2H3/t9-,12+,13-/m0/s1. The Kier molecular flexibility index (Phi) is 5.40. The number of fused-ring (bicyclic) bond motifs is 1. The van der Waals surface area contributed by atoms with Crippen LogP contribution in [0.25, 0.3) is 0 Å². The third-order valence-electron chi connectivity index (χ3n) is 4.48. The van der Waals surface area contributed by atoms with Crippen LogP contribution < -0.4 is 4.90 Å². The van der Waals surface area contributed by atoms with E-state index in [4.69, 9.17) is 23.2 Å². The highest BCUT2D eigenvalue weighted by atomic mass is 35.5. The van der Waals surface area contributed by atoms with Crippen LogP contribution in [0.4, 0.5) is 5.69 Å². The van der Waals surface area contributed by atoms with Crippen molar-refractivity contribution in [1.29, 1.82) is 0 Å². The Morgan fingerprint density at radius 2 is 2.00 bits per heavy atom. The first-order valence-corrected chi connectivity index (χ1v) is 11.4. The molecule has 1 aromatic carbocycles. The van der Waals surface area contributed by atoms with Crippen LogP contribution in [0.2, 0.25) is 10.0 Å². The summed E-state index contributed by atoms with van der Waals surface area (Å²) in [6.07, 6.45) is 0.689. The molecule has 3 rings (SSSR count). The number of amidine groups is 1. The Morgan fingerprint density at radius 1 is 1.36 bits per heavy atom. The van der Waals surface area contributed by atoms with E-state index in [-0.39, 0.29) is 34.6 Å². The van der Waals surface area contributed by atoms with Crippen LogP contribution in [0.5, 0.6) is 0 Å². The topological polar surface area (TPSA) is 66.8 Å². The number of anilines is 1. The molecule has 0 radical (unpaired) electrons. The minimum atomic E-state index is -3.13. The van der Waals surface area contributed by atoms with Crippen LogP contribution >= 0.6 is 35.0 Å². The molecule has 0 aliphatic carbocycles. The fraction of sp³-hybridized carbons (Fsp3) is 0.500. The summed E-state index contributed by atoms with van der Waals surface area (Å²) in [6.45, 7) is 3.75. The number of aliphatic imine (C=N–C) groups is 1. The van der Waals surface area contributed by atoms with Gasteiger partial charge in [0.25, 0.3) is 5.91 Å². The van der Waals surface area contributed by atoms with Crippen LogP contribution in [-0.2, 0) is 14.6 Å². The van der Waals surface area contributed by atoms with Crippen molar-refractivity contribution < 1.29 is 13.2 Å². The van der Waals surface area contributed by atoms with Crippen molar-refractivity contribution in [3.05, 3.63) is 28.2 Å². The smallest absolute Gasteiger partial charge is 0.250 e. The maximum Gasteiger partial charge on any atom is 0.250 e. The van der Waals surface area contributed by atoms with Gasteiger partial charge >= 0.3 is 0 Å². The van der Waals surface area contributed by atoms with Crippen LogP contribution in [0.3, 0.4) is 0 Å². The minimum Gasteiger partial charge on any atom is -0.313 e. The summed E-state index contributed by atoms with van der Waals surface area (Å²) in [5, 5.41) is 1.11. The van der Waals surface area contributed by atoms with Gasteiger partial charge in [0.2, 0.25) is 0 Å². The Balaban J connectivity index is 2.07. The highest BCUT2D eigenvalue weighted by Crippen LogP contribution is 2.45. The van der Waals surface area contributed by atoms with E-state index >= 15 is 0 Å². The SMILES string of the molecule is CC[C@H](C)C(=O)N=C1S[C@H]2CS(=O)(=O)C[C@H]2N1c1c(Cl)cccc1Cl. The van der Waals surface area contributed by atoms with E-state index in [0.29, 0.717) is 27.3 Å². The summed E-state index contributed by atoms with van der Waals surface area (Å²) in [5.74, 6) is -0.345. The van der Waals surface area contributed by atoms with Crippen molar-refractivity contribution >= 4 is 61.6 Å². The van der Waals surface area contributed by atoms with Crippen molar-refractivity contribution in [3.8, 4) is 0 Å². The van der Waals surface area contributed by atoms with Gasteiger partial charge in [0.1, 0.15) is 0 Å². The van der Waals surface area contributed by atoms with Crippen LogP contribution in [-0.4, -0.2) is 42.3 Å². The first-order valence-electron chi connectivity index (χ1n) is 7.96. The lowest BCUT2D eigenvalue weighted by Gasteiger charge is -2.26. The predicted octanol–water partition coefficient (Wildman–Crippen LogP) is 3.64. The highest BCUT2D eigenvalue weighted by Gasteiger charge is 2.50. The summed E-state index contributed by atoms with van der Waals surface area (Å²) >= 11 is 14.0. The molecule has 2 aliphatic heterocycles. The number of amides is 1. The lowest BCUT2D eigenvalue weighted by molar-refractivity contribution is -0.121. The molecule has 5 nitrogen and oxygen atoms in total. The molecule has 2 heterocycles. The molecule has 0 saturated carbocycles. The second-order valence-corrected chi connectivity index (χ2v) is 10.5. The zero-order chi connectivity index (χ0) is 18.4. The van der Waals surface area contributed by atoms with E-state index in [1.807, 2.05) is 13.8 Å². The van der Waals surface area contributed by atoms with Crippen LogP contribution in [0.1, 0.15) is 20.3 Å². The molecule has 2 aliphatic rings. The summed E-state index contributed by atoms with van der Waals surface area (Å²) in [7, 11) is -3.13. The highest BCUT2D eigenvalue weighted by molar-refractivity contribution is 8.16. The molecule has 9 heteroatoms. The van der Waals surface area contributed by atoms with Gasteiger partial charge in [0.05, 0.1) is 33.3 Å². The van der Waals surface area contributed by atoms with E-state index in [1.54, 1.807) is 23.1 Å².